The standard InChI is InChI=1S/C6H4ClF3OS/c7-3-1-4(12-2-3)5(11)6(8,9)10/h1-2,5,11H/t5-/m0/s1. The second-order valence-electron chi connectivity index (χ2n) is 2.11. The first kappa shape index (κ1) is 9.83. The van der Waals surface area contributed by atoms with E-state index in [2.05, 4.69) is 0 Å². The van der Waals surface area contributed by atoms with Gasteiger partial charge in [-0.05, 0) is 6.07 Å². The minimum atomic E-state index is -4.62. The van der Waals surface area contributed by atoms with Gasteiger partial charge in [0.2, 0.25) is 0 Å². The van der Waals surface area contributed by atoms with E-state index in [9.17, 15) is 13.2 Å². The lowest BCUT2D eigenvalue weighted by Crippen LogP contribution is -2.18. The maximum absolute atomic E-state index is 11.9. The number of aliphatic hydroxyl groups is 1. The Kier molecular flexibility index (Phi) is 2.65. The minimum Gasteiger partial charge on any atom is -0.379 e. The van der Waals surface area contributed by atoms with Gasteiger partial charge in [-0.3, -0.25) is 0 Å². The van der Waals surface area contributed by atoms with Crippen molar-refractivity contribution in [3.05, 3.63) is 21.3 Å². The highest BCUT2D eigenvalue weighted by Crippen LogP contribution is 2.36. The molecule has 0 aromatic carbocycles. The Bertz CT molecular complexity index is 270. The van der Waals surface area contributed by atoms with E-state index in [4.69, 9.17) is 16.7 Å². The number of hydrogen-bond donors (Lipinski definition) is 1. The fourth-order valence-electron chi connectivity index (χ4n) is 0.633. The molecule has 1 rings (SSSR count). The van der Waals surface area contributed by atoms with Crippen LogP contribution in [0.1, 0.15) is 11.0 Å². The van der Waals surface area contributed by atoms with Crippen molar-refractivity contribution in [3.63, 3.8) is 0 Å². The monoisotopic (exact) mass is 216 g/mol. The molecule has 68 valence electrons. The average Bonchev–Trinajstić information content (AvgIpc) is 2.32. The molecule has 0 radical (unpaired) electrons. The van der Waals surface area contributed by atoms with E-state index in [1.165, 1.54) is 5.38 Å². The molecule has 1 nitrogen and oxygen atoms in total. The molecule has 1 heterocycles. The van der Waals surface area contributed by atoms with Crippen LogP contribution in [0, 0.1) is 0 Å². The predicted octanol–water partition coefficient (Wildman–Crippen LogP) is 3.00. The third-order valence-electron chi connectivity index (χ3n) is 1.17. The van der Waals surface area contributed by atoms with Crippen molar-refractivity contribution in [1.82, 2.24) is 0 Å². The van der Waals surface area contributed by atoms with Gasteiger partial charge in [0, 0.05) is 10.3 Å². The fraction of sp³-hybridized carbons (Fsp3) is 0.333. The molecule has 0 saturated carbocycles. The molecule has 0 aliphatic rings. The van der Waals surface area contributed by atoms with Crippen molar-refractivity contribution < 1.29 is 18.3 Å². The topological polar surface area (TPSA) is 20.2 Å². The normalized spacial score (nSPS) is 14.8. The van der Waals surface area contributed by atoms with Crippen LogP contribution in [0.5, 0.6) is 0 Å². The Morgan fingerprint density at radius 3 is 2.42 bits per heavy atom. The first-order valence-corrected chi connectivity index (χ1v) is 4.15. The summed E-state index contributed by atoms with van der Waals surface area (Å²) in [6, 6.07) is 1.10. The summed E-state index contributed by atoms with van der Waals surface area (Å²) in [6.07, 6.45) is -7.04. The lowest BCUT2D eigenvalue weighted by Gasteiger charge is -2.11. The number of aliphatic hydroxyl groups excluding tert-OH is 1. The molecule has 6 heteroatoms. The summed E-state index contributed by atoms with van der Waals surface area (Å²) >= 11 is 6.17. The lowest BCUT2D eigenvalue weighted by atomic mass is 10.3. The summed E-state index contributed by atoms with van der Waals surface area (Å²) in [5.74, 6) is 0. The van der Waals surface area contributed by atoms with Gasteiger partial charge in [-0.1, -0.05) is 11.6 Å². The van der Waals surface area contributed by atoms with E-state index in [1.54, 1.807) is 0 Å². The third-order valence-corrected chi connectivity index (χ3v) is 2.50. The molecule has 0 aliphatic carbocycles. The highest BCUT2D eigenvalue weighted by molar-refractivity contribution is 7.10. The summed E-state index contributed by atoms with van der Waals surface area (Å²) in [5, 5.41) is 10.2. The Balaban J connectivity index is 2.85. The second kappa shape index (κ2) is 3.24. The van der Waals surface area contributed by atoms with Gasteiger partial charge in [0.05, 0.1) is 5.02 Å². The summed E-state index contributed by atoms with van der Waals surface area (Å²) in [7, 11) is 0. The van der Waals surface area contributed by atoms with E-state index in [-0.39, 0.29) is 9.90 Å². The van der Waals surface area contributed by atoms with Crippen molar-refractivity contribution in [2.75, 3.05) is 0 Å². The molecule has 0 aliphatic heterocycles. The fourth-order valence-corrected chi connectivity index (χ4v) is 1.72. The number of hydrogen-bond acceptors (Lipinski definition) is 2. The number of rotatable bonds is 1. The maximum atomic E-state index is 11.9. The van der Waals surface area contributed by atoms with Gasteiger partial charge in [-0.2, -0.15) is 13.2 Å². The molecule has 0 bridgehead atoms. The van der Waals surface area contributed by atoms with E-state index in [0.717, 1.165) is 17.4 Å². The molecular weight excluding hydrogens is 213 g/mol. The molecule has 0 spiro atoms. The molecule has 0 amide bonds. The van der Waals surface area contributed by atoms with Gasteiger partial charge in [-0.25, -0.2) is 0 Å². The molecule has 0 unspecified atom stereocenters. The second-order valence-corrected chi connectivity index (χ2v) is 3.49. The Labute approximate surface area is 75.4 Å². The highest BCUT2D eigenvalue weighted by atomic mass is 35.5. The summed E-state index contributed by atoms with van der Waals surface area (Å²) in [4.78, 5) is -0.187. The number of alkyl halides is 3. The highest BCUT2D eigenvalue weighted by Gasteiger charge is 2.40. The summed E-state index contributed by atoms with van der Waals surface area (Å²) < 4.78 is 35.6. The van der Waals surface area contributed by atoms with Crippen molar-refractivity contribution >= 4 is 22.9 Å². The first-order valence-electron chi connectivity index (χ1n) is 2.90. The Hall–Kier alpha value is -0.260. The van der Waals surface area contributed by atoms with Gasteiger partial charge in [-0.15, -0.1) is 11.3 Å². The lowest BCUT2D eigenvalue weighted by molar-refractivity contribution is -0.205. The average molecular weight is 217 g/mol. The van der Waals surface area contributed by atoms with Crippen LogP contribution in [-0.4, -0.2) is 11.3 Å². The van der Waals surface area contributed by atoms with E-state index in [1.807, 2.05) is 0 Å². The van der Waals surface area contributed by atoms with Crippen LogP contribution >= 0.6 is 22.9 Å². The zero-order valence-corrected chi connectivity index (χ0v) is 7.17. The van der Waals surface area contributed by atoms with Gasteiger partial charge in [0.25, 0.3) is 0 Å². The van der Waals surface area contributed by atoms with Gasteiger partial charge < -0.3 is 5.11 Å². The smallest absolute Gasteiger partial charge is 0.379 e. The summed E-state index contributed by atoms with van der Waals surface area (Å²) in [6.45, 7) is 0. The predicted molar refractivity (Wildman–Crippen MR) is 40.3 cm³/mol. The van der Waals surface area contributed by atoms with E-state index in [0.29, 0.717) is 0 Å². The van der Waals surface area contributed by atoms with Crippen molar-refractivity contribution in [2.24, 2.45) is 0 Å². The SMILES string of the molecule is O[C@@H](c1cc(Cl)cs1)C(F)(F)F. The Morgan fingerprint density at radius 1 is 1.50 bits per heavy atom. The third kappa shape index (κ3) is 2.12. The van der Waals surface area contributed by atoms with Crippen molar-refractivity contribution in [2.45, 2.75) is 12.3 Å². The van der Waals surface area contributed by atoms with E-state index >= 15 is 0 Å². The maximum Gasteiger partial charge on any atom is 0.419 e. The largest absolute Gasteiger partial charge is 0.419 e. The molecule has 1 aromatic heterocycles. The quantitative estimate of drug-likeness (QED) is 0.765. The van der Waals surface area contributed by atoms with E-state index < -0.39 is 12.3 Å². The van der Waals surface area contributed by atoms with Crippen LogP contribution in [0.3, 0.4) is 0 Å². The molecule has 1 atom stereocenters. The van der Waals surface area contributed by atoms with Crippen LogP contribution < -0.4 is 0 Å². The van der Waals surface area contributed by atoms with Crippen LogP contribution in [0.25, 0.3) is 0 Å². The minimum absolute atomic E-state index is 0.187. The molecule has 1 aromatic rings. The number of thiophene rings is 1. The number of halogens is 4. The molecule has 1 N–H and O–H groups in total. The van der Waals surface area contributed by atoms with Gasteiger partial charge in [0.15, 0.2) is 6.10 Å². The zero-order valence-electron chi connectivity index (χ0n) is 5.60. The molecule has 0 saturated heterocycles. The molecular formula is C6H4ClF3OS. The van der Waals surface area contributed by atoms with Crippen LogP contribution in [-0.2, 0) is 0 Å². The van der Waals surface area contributed by atoms with Crippen molar-refractivity contribution in [1.29, 1.82) is 0 Å². The first-order chi connectivity index (χ1) is 5.41. The van der Waals surface area contributed by atoms with Crippen LogP contribution in [0.15, 0.2) is 11.4 Å². The van der Waals surface area contributed by atoms with Crippen molar-refractivity contribution in [3.8, 4) is 0 Å². The van der Waals surface area contributed by atoms with Gasteiger partial charge in [0.1, 0.15) is 0 Å². The Morgan fingerprint density at radius 2 is 2.08 bits per heavy atom. The molecule has 12 heavy (non-hydrogen) atoms. The van der Waals surface area contributed by atoms with Gasteiger partial charge >= 0.3 is 6.18 Å². The van der Waals surface area contributed by atoms with Crippen LogP contribution in [0.4, 0.5) is 13.2 Å². The zero-order chi connectivity index (χ0) is 9.35. The van der Waals surface area contributed by atoms with Crippen LogP contribution in [0.2, 0.25) is 5.02 Å². The molecule has 0 fully saturated rings. The summed E-state index contributed by atoms with van der Waals surface area (Å²) in [5.41, 5.74) is 0.